The molecule has 2 amide bonds. The number of ketones is 1. The molecule has 0 aliphatic carbocycles. The molecule has 0 aliphatic rings. The Morgan fingerprint density at radius 3 is 2.38 bits per heavy atom. The summed E-state index contributed by atoms with van der Waals surface area (Å²) in [6, 6.07) is 7.73. The summed E-state index contributed by atoms with van der Waals surface area (Å²) >= 11 is 1.60. The molecule has 24 heavy (non-hydrogen) atoms. The summed E-state index contributed by atoms with van der Waals surface area (Å²) in [5.41, 5.74) is 0.576. The van der Waals surface area contributed by atoms with Crippen LogP contribution >= 0.6 is 11.8 Å². The Kier molecular flexibility index (Phi) is 9.15. The molecule has 1 rings (SSSR count). The van der Waals surface area contributed by atoms with Crippen molar-refractivity contribution in [2.45, 2.75) is 38.8 Å². The second kappa shape index (κ2) is 10.9. The summed E-state index contributed by atoms with van der Waals surface area (Å²) in [6.07, 6.45) is 3.55. The van der Waals surface area contributed by atoms with E-state index in [1.54, 1.807) is 36.0 Å². The van der Waals surface area contributed by atoms with Gasteiger partial charge < -0.3 is 10.6 Å². The highest BCUT2D eigenvalue weighted by atomic mass is 32.2. The molecule has 0 heterocycles. The number of rotatable bonds is 11. The van der Waals surface area contributed by atoms with Gasteiger partial charge in [-0.25, -0.2) is 0 Å². The van der Waals surface area contributed by atoms with Gasteiger partial charge in [0.05, 0.1) is 6.04 Å². The third kappa shape index (κ3) is 6.74. The zero-order chi connectivity index (χ0) is 17.9. The number of hydrogen-bond donors (Lipinski definition) is 2. The molecule has 1 aromatic rings. The average Bonchev–Trinajstić information content (AvgIpc) is 2.57. The molecule has 2 N–H and O–H groups in total. The Hall–Kier alpha value is -1.82. The van der Waals surface area contributed by atoms with Gasteiger partial charge in [0, 0.05) is 5.56 Å². The van der Waals surface area contributed by atoms with E-state index in [1.165, 1.54) is 0 Å². The first-order valence-electron chi connectivity index (χ1n) is 8.07. The number of amides is 2. The predicted octanol–water partition coefficient (Wildman–Crippen LogP) is 2.27. The smallest absolute Gasteiger partial charge is 0.243 e. The van der Waals surface area contributed by atoms with E-state index in [9.17, 15) is 14.4 Å². The van der Waals surface area contributed by atoms with E-state index in [2.05, 4.69) is 10.6 Å². The third-order valence-electron chi connectivity index (χ3n) is 3.59. The lowest BCUT2D eigenvalue weighted by Crippen LogP contribution is -2.50. The van der Waals surface area contributed by atoms with E-state index in [0.717, 1.165) is 5.75 Å². The van der Waals surface area contributed by atoms with Crippen LogP contribution in [0.5, 0.6) is 0 Å². The van der Waals surface area contributed by atoms with Gasteiger partial charge >= 0.3 is 0 Å². The van der Waals surface area contributed by atoms with Crippen LogP contribution in [-0.2, 0) is 9.59 Å². The fourth-order valence-electron chi connectivity index (χ4n) is 2.39. The van der Waals surface area contributed by atoms with Crippen molar-refractivity contribution in [3.8, 4) is 0 Å². The maximum Gasteiger partial charge on any atom is 0.243 e. The molecule has 0 saturated carbocycles. The Balaban J connectivity index is 2.85. The number of carbonyl (C=O) groups is 3. The lowest BCUT2D eigenvalue weighted by atomic mass is 9.95. The maximum absolute atomic E-state index is 12.7. The van der Waals surface area contributed by atoms with Gasteiger partial charge in [-0.3, -0.25) is 14.4 Å². The summed E-state index contributed by atoms with van der Waals surface area (Å²) < 4.78 is 0. The molecule has 132 valence electrons. The topological polar surface area (TPSA) is 75.3 Å². The largest absolute Gasteiger partial charge is 0.347 e. The highest BCUT2D eigenvalue weighted by Gasteiger charge is 2.26. The number of benzene rings is 1. The predicted molar refractivity (Wildman–Crippen MR) is 98.1 cm³/mol. The van der Waals surface area contributed by atoms with Gasteiger partial charge in [0.2, 0.25) is 12.3 Å². The first-order valence-corrected chi connectivity index (χ1v) is 9.47. The van der Waals surface area contributed by atoms with Gasteiger partial charge in [0.25, 0.3) is 0 Å². The van der Waals surface area contributed by atoms with Crippen molar-refractivity contribution in [2.24, 2.45) is 5.92 Å². The van der Waals surface area contributed by atoms with Crippen LogP contribution in [0, 0.1) is 5.92 Å². The van der Waals surface area contributed by atoms with E-state index in [0.29, 0.717) is 24.8 Å². The van der Waals surface area contributed by atoms with Crippen LogP contribution in [0.15, 0.2) is 30.3 Å². The number of hydrogen-bond acceptors (Lipinski definition) is 4. The molecule has 0 bridgehead atoms. The standard InChI is InChI=1S/C18H26N2O3S/c1-13(2)11-16(17(22)14-7-5-4-6-8-14)20-18(23)15(19-12-21)9-10-24-3/h4-8,12-13,15-16H,9-11H2,1-3H3,(H,19,21)(H,20,23). The molecular weight excluding hydrogens is 324 g/mol. The molecule has 0 fully saturated rings. The zero-order valence-electron chi connectivity index (χ0n) is 14.5. The maximum atomic E-state index is 12.7. The van der Waals surface area contributed by atoms with Gasteiger partial charge in [-0.1, -0.05) is 44.2 Å². The van der Waals surface area contributed by atoms with Crippen LogP contribution < -0.4 is 10.6 Å². The number of nitrogens with one attached hydrogen (secondary N) is 2. The molecule has 0 radical (unpaired) electrons. The minimum atomic E-state index is -0.617. The second-order valence-corrected chi connectivity index (χ2v) is 7.03. The monoisotopic (exact) mass is 350 g/mol. The average molecular weight is 350 g/mol. The molecule has 0 aliphatic heterocycles. The lowest BCUT2D eigenvalue weighted by molar-refractivity contribution is -0.125. The molecule has 0 spiro atoms. The van der Waals surface area contributed by atoms with Gasteiger partial charge in [0.1, 0.15) is 6.04 Å². The third-order valence-corrected chi connectivity index (χ3v) is 4.24. The summed E-state index contributed by atoms with van der Waals surface area (Å²) in [6.45, 7) is 4.01. The lowest BCUT2D eigenvalue weighted by Gasteiger charge is -2.23. The van der Waals surface area contributed by atoms with Crippen LogP contribution in [0.25, 0.3) is 0 Å². The second-order valence-electron chi connectivity index (χ2n) is 6.04. The summed E-state index contributed by atoms with van der Waals surface area (Å²) in [5, 5.41) is 5.36. The SMILES string of the molecule is CSCCC(NC=O)C(=O)NC(CC(C)C)C(=O)c1ccccc1. The van der Waals surface area contributed by atoms with Crippen molar-refractivity contribution in [2.75, 3.05) is 12.0 Å². The van der Waals surface area contributed by atoms with Crippen LogP contribution in [-0.4, -0.2) is 42.2 Å². The van der Waals surface area contributed by atoms with E-state index < -0.39 is 12.1 Å². The molecule has 6 heteroatoms. The van der Waals surface area contributed by atoms with E-state index in [1.807, 2.05) is 26.2 Å². The van der Waals surface area contributed by atoms with Crippen molar-refractivity contribution >= 4 is 29.9 Å². The quantitative estimate of drug-likeness (QED) is 0.474. The molecule has 5 nitrogen and oxygen atoms in total. The number of thioether (sulfide) groups is 1. The Morgan fingerprint density at radius 2 is 1.83 bits per heavy atom. The van der Waals surface area contributed by atoms with E-state index >= 15 is 0 Å². The molecule has 0 aromatic heterocycles. The highest BCUT2D eigenvalue weighted by Crippen LogP contribution is 2.12. The summed E-state index contributed by atoms with van der Waals surface area (Å²) in [5.74, 6) is 0.588. The fourth-order valence-corrected chi connectivity index (χ4v) is 2.86. The highest BCUT2D eigenvalue weighted by molar-refractivity contribution is 7.98. The molecular formula is C18H26N2O3S. The molecule has 2 atom stereocenters. The van der Waals surface area contributed by atoms with Crippen molar-refractivity contribution in [3.05, 3.63) is 35.9 Å². The van der Waals surface area contributed by atoms with E-state index in [4.69, 9.17) is 0 Å². The van der Waals surface area contributed by atoms with Crippen LogP contribution in [0.4, 0.5) is 0 Å². The number of Topliss-reactive ketones (excluding diaryl/α,β-unsaturated/α-hetero) is 1. The van der Waals surface area contributed by atoms with Gasteiger partial charge in [-0.15, -0.1) is 0 Å². The van der Waals surface area contributed by atoms with E-state index in [-0.39, 0.29) is 17.6 Å². The summed E-state index contributed by atoms with van der Waals surface area (Å²) in [4.78, 5) is 35.9. The normalized spacial score (nSPS) is 13.2. The fraction of sp³-hybridized carbons (Fsp3) is 0.500. The van der Waals surface area contributed by atoms with Crippen LogP contribution in [0.3, 0.4) is 0 Å². The van der Waals surface area contributed by atoms with Crippen molar-refractivity contribution < 1.29 is 14.4 Å². The van der Waals surface area contributed by atoms with Crippen molar-refractivity contribution in [3.63, 3.8) is 0 Å². The molecule has 2 unspecified atom stereocenters. The Labute approximate surface area is 148 Å². The Morgan fingerprint density at radius 1 is 1.17 bits per heavy atom. The van der Waals surface area contributed by atoms with Gasteiger partial charge in [0.15, 0.2) is 5.78 Å². The molecule has 1 aromatic carbocycles. The van der Waals surface area contributed by atoms with Gasteiger partial charge in [-0.05, 0) is 30.8 Å². The van der Waals surface area contributed by atoms with Gasteiger partial charge in [-0.2, -0.15) is 11.8 Å². The van der Waals surface area contributed by atoms with Crippen LogP contribution in [0.2, 0.25) is 0 Å². The Bertz CT molecular complexity index is 534. The first-order chi connectivity index (χ1) is 11.5. The summed E-state index contributed by atoms with van der Waals surface area (Å²) in [7, 11) is 0. The van der Waals surface area contributed by atoms with Crippen molar-refractivity contribution in [1.29, 1.82) is 0 Å². The molecule has 0 saturated heterocycles. The minimum absolute atomic E-state index is 0.104. The van der Waals surface area contributed by atoms with Crippen LogP contribution in [0.1, 0.15) is 37.0 Å². The minimum Gasteiger partial charge on any atom is -0.347 e. The van der Waals surface area contributed by atoms with Crippen molar-refractivity contribution in [1.82, 2.24) is 10.6 Å². The first kappa shape index (κ1) is 20.2. The zero-order valence-corrected chi connectivity index (χ0v) is 15.3. The number of carbonyl (C=O) groups excluding carboxylic acids is 3.